The highest BCUT2D eigenvalue weighted by atomic mass is 32.1. The molecule has 1 aromatic heterocycles. The van der Waals surface area contributed by atoms with Crippen LogP contribution in [0.3, 0.4) is 0 Å². The molecular formula is C18H24N2S. The summed E-state index contributed by atoms with van der Waals surface area (Å²) in [6, 6.07) is 13.2. The van der Waals surface area contributed by atoms with E-state index in [2.05, 4.69) is 59.3 Å². The lowest BCUT2D eigenvalue weighted by Crippen LogP contribution is -2.46. The summed E-state index contributed by atoms with van der Waals surface area (Å²) >= 11 is 1.86. The van der Waals surface area contributed by atoms with Gasteiger partial charge in [-0.3, -0.25) is 0 Å². The molecule has 1 aliphatic rings. The van der Waals surface area contributed by atoms with Crippen molar-refractivity contribution in [1.29, 1.82) is 0 Å². The Hall–Kier alpha value is -1.16. The molecule has 1 saturated heterocycles. The van der Waals surface area contributed by atoms with Gasteiger partial charge in [-0.25, -0.2) is 0 Å². The number of hydrogen-bond donors (Lipinski definition) is 2. The minimum atomic E-state index is 0.289. The van der Waals surface area contributed by atoms with Crippen molar-refractivity contribution >= 4 is 11.3 Å². The average Bonchev–Trinajstić information content (AvgIpc) is 2.95. The molecule has 2 N–H and O–H groups in total. The fourth-order valence-electron chi connectivity index (χ4n) is 3.27. The van der Waals surface area contributed by atoms with Crippen LogP contribution in [0.25, 0.3) is 0 Å². The predicted octanol–water partition coefficient (Wildman–Crippen LogP) is 3.47. The van der Waals surface area contributed by atoms with Crippen molar-refractivity contribution in [2.24, 2.45) is 0 Å². The zero-order valence-electron chi connectivity index (χ0n) is 12.7. The fraction of sp³-hybridized carbons (Fsp3) is 0.444. The monoisotopic (exact) mass is 300 g/mol. The number of thiophene rings is 1. The molecule has 21 heavy (non-hydrogen) atoms. The standard InChI is InChI=1S/C18H24N2S/c1-15-7-12-21-17(15)13-20-14-18(8-10-19-11-9-18)16-5-3-2-4-6-16/h2-7,12,19-20H,8-11,13-14H2,1H3. The minimum absolute atomic E-state index is 0.289. The second-order valence-electron chi connectivity index (χ2n) is 6.03. The average molecular weight is 300 g/mol. The molecule has 1 aliphatic heterocycles. The van der Waals surface area contributed by atoms with Crippen molar-refractivity contribution in [3.8, 4) is 0 Å². The number of aryl methyl sites for hydroxylation is 1. The van der Waals surface area contributed by atoms with Gasteiger partial charge in [-0.05, 0) is 55.4 Å². The molecule has 2 nitrogen and oxygen atoms in total. The van der Waals surface area contributed by atoms with Gasteiger partial charge in [0.2, 0.25) is 0 Å². The molecule has 0 radical (unpaired) electrons. The van der Waals surface area contributed by atoms with Gasteiger partial charge in [0, 0.05) is 23.4 Å². The quantitative estimate of drug-likeness (QED) is 0.883. The molecular weight excluding hydrogens is 276 g/mol. The first-order chi connectivity index (χ1) is 10.3. The summed E-state index contributed by atoms with van der Waals surface area (Å²) in [6.07, 6.45) is 2.43. The largest absolute Gasteiger partial charge is 0.317 e. The molecule has 0 unspecified atom stereocenters. The van der Waals surface area contributed by atoms with Crippen LogP contribution < -0.4 is 10.6 Å². The van der Waals surface area contributed by atoms with Crippen LogP contribution in [-0.4, -0.2) is 19.6 Å². The summed E-state index contributed by atoms with van der Waals surface area (Å²) in [4.78, 5) is 1.46. The van der Waals surface area contributed by atoms with Gasteiger partial charge in [0.25, 0.3) is 0 Å². The van der Waals surface area contributed by atoms with Crippen molar-refractivity contribution in [3.05, 3.63) is 57.8 Å². The van der Waals surface area contributed by atoms with Gasteiger partial charge in [-0.15, -0.1) is 11.3 Å². The van der Waals surface area contributed by atoms with E-state index in [-0.39, 0.29) is 5.41 Å². The molecule has 0 saturated carbocycles. The Morgan fingerprint density at radius 1 is 1.14 bits per heavy atom. The van der Waals surface area contributed by atoms with E-state index in [0.717, 1.165) is 26.2 Å². The van der Waals surface area contributed by atoms with Gasteiger partial charge in [0.1, 0.15) is 0 Å². The van der Waals surface area contributed by atoms with Crippen molar-refractivity contribution < 1.29 is 0 Å². The second-order valence-corrected chi connectivity index (χ2v) is 7.03. The number of hydrogen-bond acceptors (Lipinski definition) is 3. The third-order valence-corrected chi connectivity index (χ3v) is 5.69. The van der Waals surface area contributed by atoms with Gasteiger partial charge in [0.05, 0.1) is 0 Å². The third-order valence-electron chi connectivity index (χ3n) is 4.66. The third kappa shape index (κ3) is 3.37. The highest BCUT2D eigenvalue weighted by Crippen LogP contribution is 2.33. The van der Waals surface area contributed by atoms with Crippen molar-refractivity contribution in [2.45, 2.75) is 31.7 Å². The smallest absolute Gasteiger partial charge is 0.0302 e. The van der Waals surface area contributed by atoms with Crippen molar-refractivity contribution in [1.82, 2.24) is 10.6 Å². The molecule has 0 atom stereocenters. The Bertz CT molecular complexity index is 556. The molecule has 3 rings (SSSR count). The summed E-state index contributed by atoms with van der Waals surface area (Å²) in [6.45, 7) is 6.50. The topological polar surface area (TPSA) is 24.1 Å². The molecule has 0 bridgehead atoms. The predicted molar refractivity (Wildman–Crippen MR) is 91.0 cm³/mol. The van der Waals surface area contributed by atoms with Crippen LogP contribution in [0.15, 0.2) is 41.8 Å². The Kier molecular flexibility index (Phi) is 4.73. The number of benzene rings is 1. The lowest BCUT2D eigenvalue weighted by atomic mass is 9.73. The van der Waals surface area contributed by atoms with Gasteiger partial charge >= 0.3 is 0 Å². The molecule has 1 aromatic carbocycles. The van der Waals surface area contributed by atoms with Crippen LogP contribution >= 0.6 is 11.3 Å². The first-order valence-corrected chi connectivity index (χ1v) is 8.68. The van der Waals surface area contributed by atoms with E-state index in [1.165, 1.54) is 28.8 Å². The van der Waals surface area contributed by atoms with Gasteiger partial charge in [-0.2, -0.15) is 0 Å². The van der Waals surface area contributed by atoms with E-state index in [0.29, 0.717) is 0 Å². The molecule has 2 heterocycles. The normalized spacial score (nSPS) is 17.8. The summed E-state index contributed by atoms with van der Waals surface area (Å²) in [7, 11) is 0. The Labute approximate surface area is 131 Å². The van der Waals surface area contributed by atoms with E-state index < -0.39 is 0 Å². The molecule has 0 spiro atoms. The number of piperidine rings is 1. The molecule has 0 aliphatic carbocycles. The van der Waals surface area contributed by atoms with Crippen LogP contribution in [0.2, 0.25) is 0 Å². The first kappa shape index (κ1) is 14.8. The summed E-state index contributed by atoms with van der Waals surface area (Å²) < 4.78 is 0. The van der Waals surface area contributed by atoms with Crippen LogP contribution in [0.4, 0.5) is 0 Å². The molecule has 112 valence electrons. The van der Waals surface area contributed by atoms with Gasteiger partial charge in [0.15, 0.2) is 0 Å². The van der Waals surface area contributed by atoms with E-state index in [4.69, 9.17) is 0 Å². The lowest BCUT2D eigenvalue weighted by molar-refractivity contribution is 0.293. The molecule has 0 amide bonds. The zero-order chi connectivity index (χ0) is 14.5. The van der Waals surface area contributed by atoms with Gasteiger partial charge < -0.3 is 10.6 Å². The highest BCUT2D eigenvalue weighted by molar-refractivity contribution is 7.10. The van der Waals surface area contributed by atoms with Crippen LogP contribution in [-0.2, 0) is 12.0 Å². The van der Waals surface area contributed by atoms with E-state index in [1.54, 1.807) is 0 Å². The fourth-order valence-corrected chi connectivity index (χ4v) is 4.14. The maximum absolute atomic E-state index is 3.72. The summed E-state index contributed by atoms with van der Waals surface area (Å²) in [5.41, 5.74) is 3.19. The van der Waals surface area contributed by atoms with E-state index in [1.807, 2.05) is 11.3 Å². The van der Waals surface area contributed by atoms with Crippen LogP contribution in [0, 0.1) is 6.92 Å². The van der Waals surface area contributed by atoms with E-state index >= 15 is 0 Å². The SMILES string of the molecule is Cc1ccsc1CNCC1(c2ccccc2)CCNCC1. The van der Waals surface area contributed by atoms with Crippen LogP contribution in [0.1, 0.15) is 28.8 Å². The molecule has 2 aromatic rings. The maximum atomic E-state index is 3.72. The van der Waals surface area contributed by atoms with Gasteiger partial charge in [-0.1, -0.05) is 30.3 Å². The Balaban J connectivity index is 1.70. The summed E-state index contributed by atoms with van der Waals surface area (Å²) in [5, 5.41) is 9.40. The van der Waals surface area contributed by atoms with E-state index in [9.17, 15) is 0 Å². The van der Waals surface area contributed by atoms with Crippen LogP contribution in [0.5, 0.6) is 0 Å². The highest BCUT2D eigenvalue weighted by Gasteiger charge is 2.33. The Morgan fingerprint density at radius 3 is 2.57 bits per heavy atom. The number of rotatable bonds is 5. The zero-order valence-corrected chi connectivity index (χ0v) is 13.5. The number of nitrogens with one attached hydrogen (secondary N) is 2. The minimum Gasteiger partial charge on any atom is -0.317 e. The lowest BCUT2D eigenvalue weighted by Gasteiger charge is -2.38. The molecule has 3 heteroatoms. The maximum Gasteiger partial charge on any atom is 0.0302 e. The Morgan fingerprint density at radius 2 is 1.90 bits per heavy atom. The second kappa shape index (κ2) is 6.73. The first-order valence-electron chi connectivity index (χ1n) is 7.80. The van der Waals surface area contributed by atoms with Crippen molar-refractivity contribution in [2.75, 3.05) is 19.6 Å². The summed E-state index contributed by atoms with van der Waals surface area (Å²) in [5.74, 6) is 0. The van der Waals surface area contributed by atoms with Crippen molar-refractivity contribution in [3.63, 3.8) is 0 Å². The molecule has 1 fully saturated rings.